The quantitative estimate of drug-likeness (QED) is 0.864. The second kappa shape index (κ2) is 6.79. The van der Waals surface area contributed by atoms with Crippen LogP contribution in [0.1, 0.15) is 50.0 Å². The normalized spacial score (nSPS) is 20.6. The standard InChI is InChI=1S/C21H26N2O2/c1-5-15(3)25-17-11-9-10-16(14-17)21(4)22-19-13-8-7-12-18(19)20(24)23(21)6-2/h7-15,22H,5-6H2,1-4H3. The van der Waals surface area contributed by atoms with Crippen molar-refractivity contribution in [2.45, 2.75) is 45.9 Å². The fraction of sp³-hybridized carbons (Fsp3) is 0.381. The topological polar surface area (TPSA) is 41.6 Å². The molecule has 1 aliphatic heterocycles. The lowest BCUT2D eigenvalue weighted by molar-refractivity contribution is 0.0552. The predicted octanol–water partition coefficient (Wildman–Crippen LogP) is 4.62. The van der Waals surface area contributed by atoms with Gasteiger partial charge in [-0.2, -0.15) is 0 Å². The molecule has 0 fully saturated rings. The molecule has 1 amide bonds. The summed E-state index contributed by atoms with van der Waals surface area (Å²) in [4.78, 5) is 14.9. The number of benzene rings is 2. The van der Waals surface area contributed by atoms with E-state index in [2.05, 4.69) is 19.2 Å². The third-order valence-electron chi connectivity index (χ3n) is 4.95. The van der Waals surface area contributed by atoms with Crippen LogP contribution in [0.3, 0.4) is 0 Å². The molecule has 1 aliphatic rings. The first-order valence-electron chi connectivity index (χ1n) is 8.96. The summed E-state index contributed by atoms with van der Waals surface area (Å²) in [5.74, 6) is 0.879. The highest BCUT2D eigenvalue weighted by Gasteiger charge is 2.41. The summed E-state index contributed by atoms with van der Waals surface area (Å²) in [6.07, 6.45) is 1.11. The molecule has 0 bridgehead atoms. The lowest BCUT2D eigenvalue weighted by atomic mass is 9.93. The summed E-state index contributed by atoms with van der Waals surface area (Å²) in [7, 11) is 0. The smallest absolute Gasteiger partial charge is 0.258 e. The van der Waals surface area contributed by atoms with Gasteiger partial charge in [-0.05, 0) is 51.5 Å². The Balaban J connectivity index is 2.03. The van der Waals surface area contributed by atoms with Crippen LogP contribution in [0.5, 0.6) is 5.75 Å². The van der Waals surface area contributed by atoms with Crippen LogP contribution in [-0.4, -0.2) is 23.5 Å². The summed E-state index contributed by atoms with van der Waals surface area (Å²) >= 11 is 0. The van der Waals surface area contributed by atoms with E-state index in [1.165, 1.54) is 0 Å². The molecule has 25 heavy (non-hydrogen) atoms. The summed E-state index contributed by atoms with van der Waals surface area (Å²) in [5.41, 5.74) is 1.98. The Kier molecular flexibility index (Phi) is 4.71. The molecule has 132 valence electrons. The number of fused-ring (bicyclic) bond motifs is 1. The minimum atomic E-state index is -0.616. The van der Waals surface area contributed by atoms with Crippen molar-refractivity contribution < 1.29 is 9.53 Å². The fourth-order valence-corrected chi connectivity index (χ4v) is 3.33. The number of para-hydroxylation sites is 1. The van der Waals surface area contributed by atoms with E-state index in [0.29, 0.717) is 12.1 Å². The Bertz CT molecular complexity index is 774. The summed E-state index contributed by atoms with van der Waals surface area (Å²) < 4.78 is 5.97. The molecule has 0 aliphatic carbocycles. The van der Waals surface area contributed by atoms with Gasteiger partial charge >= 0.3 is 0 Å². The number of amides is 1. The lowest BCUT2D eigenvalue weighted by Crippen LogP contribution is -2.55. The third-order valence-corrected chi connectivity index (χ3v) is 4.95. The number of nitrogens with zero attached hydrogens (tertiary/aromatic N) is 1. The second-order valence-corrected chi connectivity index (χ2v) is 6.66. The van der Waals surface area contributed by atoms with Crippen molar-refractivity contribution in [2.75, 3.05) is 11.9 Å². The molecule has 4 heteroatoms. The van der Waals surface area contributed by atoms with Crippen molar-refractivity contribution >= 4 is 11.6 Å². The molecule has 0 radical (unpaired) electrons. The summed E-state index contributed by atoms with van der Waals surface area (Å²) in [6.45, 7) is 8.84. The van der Waals surface area contributed by atoms with Gasteiger partial charge in [-0.3, -0.25) is 4.79 Å². The number of hydrogen-bond donors (Lipinski definition) is 1. The number of ether oxygens (including phenoxy) is 1. The predicted molar refractivity (Wildman–Crippen MR) is 101 cm³/mol. The Hall–Kier alpha value is -2.49. The second-order valence-electron chi connectivity index (χ2n) is 6.66. The van der Waals surface area contributed by atoms with Crippen LogP contribution in [0, 0.1) is 0 Å². The molecule has 4 nitrogen and oxygen atoms in total. The van der Waals surface area contributed by atoms with E-state index in [1.54, 1.807) is 0 Å². The summed E-state index contributed by atoms with van der Waals surface area (Å²) in [5, 5.41) is 3.57. The molecular formula is C21H26N2O2. The molecule has 0 aromatic heterocycles. The van der Waals surface area contributed by atoms with Gasteiger partial charge in [0, 0.05) is 17.8 Å². The minimum absolute atomic E-state index is 0.0487. The minimum Gasteiger partial charge on any atom is -0.491 e. The van der Waals surface area contributed by atoms with Gasteiger partial charge in [0.25, 0.3) is 5.91 Å². The van der Waals surface area contributed by atoms with Crippen LogP contribution in [0.15, 0.2) is 48.5 Å². The van der Waals surface area contributed by atoms with Gasteiger partial charge in [0.1, 0.15) is 11.4 Å². The van der Waals surface area contributed by atoms with Gasteiger partial charge < -0.3 is 15.0 Å². The Morgan fingerprint density at radius 3 is 2.64 bits per heavy atom. The number of anilines is 1. The Morgan fingerprint density at radius 1 is 1.16 bits per heavy atom. The highest BCUT2D eigenvalue weighted by atomic mass is 16.5. The molecule has 2 unspecified atom stereocenters. The van der Waals surface area contributed by atoms with Crippen LogP contribution >= 0.6 is 0 Å². The van der Waals surface area contributed by atoms with Crippen LogP contribution in [0.25, 0.3) is 0 Å². The van der Waals surface area contributed by atoms with Crippen molar-refractivity contribution in [3.05, 3.63) is 59.7 Å². The van der Waals surface area contributed by atoms with Gasteiger partial charge in [-0.1, -0.05) is 31.2 Å². The van der Waals surface area contributed by atoms with E-state index in [-0.39, 0.29) is 12.0 Å². The zero-order chi connectivity index (χ0) is 18.0. The molecule has 0 saturated heterocycles. The van der Waals surface area contributed by atoms with Crippen LogP contribution in [0.2, 0.25) is 0 Å². The molecule has 1 heterocycles. The molecule has 2 atom stereocenters. The van der Waals surface area contributed by atoms with Crippen molar-refractivity contribution in [3.8, 4) is 5.75 Å². The number of carbonyl (C=O) groups is 1. The summed E-state index contributed by atoms with van der Waals surface area (Å²) in [6, 6.07) is 15.7. The highest BCUT2D eigenvalue weighted by Crippen LogP contribution is 2.38. The van der Waals surface area contributed by atoms with E-state index in [4.69, 9.17) is 4.74 Å². The number of carbonyl (C=O) groups excluding carboxylic acids is 1. The first-order valence-corrected chi connectivity index (χ1v) is 8.96. The maximum atomic E-state index is 13.0. The average Bonchev–Trinajstić information content (AvgIpc) is 2.62. The monoisotopic (exact) mass is 338 g/mol. The maximum absolute atomic E-state index is 13.0. The van der Waals surface area contributed by atoms with E-state index >= 15 is 0 Å². The molecule has 2 aromatic carbocycles. The van der Waals surface area contributed by atoms with Crippen molar-refractivity contribution in [3.63, 3.8) is 0 Å². The molecular weight excluding hydrogens is 312 g/mol. The van der Waals surface area contributed by atoms with Gasteiger partial charge in [0.05, 0.1) is 11.7 Å². The number of rotatable bonds is 5. The fourth-order valence-electron chi connectivity index (χ4n) is 3.33. The van der Waals surface area contributed by atoms with Crippen LogP contribution in [0.4, 0.5) is 5.69 Å². The SMILES string of the molecule is CCC(C)Oc1cccc(C2(C)Nc3ccccc3C(=O)N2CC)c1. The lowest BCUT2D eigenvalue weighted by Gasteiger charge is -2.46. The largest absolute Gasteiger partial charge is 0.491 e. The Labute approximate surface area is 149 Å². The van der Waals surface area contributed by atoms with Gasteiger partial charge in [0.15, 0.2) is 0 Å². The zero-order valence-corrected chi connectivity index (χ0v) is 15.4. The molecule has 0 saturated carbocycles. The first kappa shape index (κ1) is 17.3. The molecule has 3 rings (SSSR count). The van der Waals surface area contributed by atoms with Gasteiger partial charge in [0.2, 0.25) is 0 Å². The molecule has 2 aromatic rings. The molecule has 0 spiro atoms. The van der Waals surface area contributed by atoms with Crippen molar-refractivity contribution in [2.24, 2.45) is 0 Å². The van der Waals surface area contributed by atoms with E-state index < -0.39 is 5.66 Å². The average molecular weight is 338 g/mol. The first-order chi connectivity index (χ1) is 12.0. The van der Waals surface area contributed by atoms with E-state index in [1.807, 2.05) is 67.3 Å². The van der Waals surface area contributed by atoms with Crippen LogP contribution in [-0.2, 0) is 5.66 Å². The van der Waals surface area contributed by atoms with Crippen LogP contribution < -0.4 is 10.1 Å². The number of nitrogens with one attached hydrogen (secondary N) is 1. The number of hydrogen-bond acceptors (Lipinski definition) is 3. The maximum Gasteiger partial charge on any atom is 0.258 e. The van der Waals surface area contributed by atoms with Crippen molar-refractivity contribution in [1.29, 1.82) is 0 Å². The van der Waals surface area contributed by atoms with E-state index in [9.17, 15) is 4.79 Å². The van der Waals surface area contributed by atoms with E-state index in [0.717, 1.165) is 23.4 Å². The third kappa shape index (κ3) is 3.09. The van der Waals surface area contributed by atoms with Crippen molar-refractivity contribution in [1.82, 2.24) is 4.90 Å². The highest BCUT2D eigenvalue weighted by molar-refractivity contribution is 6.02. The molecule has 1 N–H and O–H groups in total. The zero-order valence-electron chi connectivity index (χ0n) is 15.4. The van der Waals surface area contributed by atoms with Gasteiger partial charge in [-0.25, -0.2) is 0 Å². The Morgan fingerprint density at radius 2 is 1.92 bits per heavy atom. The van der Waals surface area contributed by atoms with Gasteiger partial charge in [-0.15, -0.1) is 0 Å².